The number of aromatic nitrogens is 1. The van der Waals surface area contributed by atoms with Crippen molar-refractivity contribution in [3.05, 3.63) is 101 Å². The summed E-state index contributed by atoms with van der Waals surface area (Å²) in [6.45, 7) is 6.87. The molecule has 0 radical (unpaired) electrons. The van der Waals surface area contributed by atoms with Crippen molar-refractivity contribution in [2.75, 3.05) is 19.5 Å². The number of nitrogens with zero attached hydrogens (tertiary/aromatic N) is 1. The molecule has 4 aromatic rings. The van der Waals surface area contributed by atoms with Crippen molar-refractivity contribution in [3.8, 4) is 22.6 Å². The second-order valence-electron chi connectivity index (χ2n) is 8.54. The minimum Gasteiger partial charge on any atom is -0.493 e. The van der Waals surface area contributed by atoms with Crippen LogP contribution in [0.25, 0.3) is 11.1 Å². The molecule has 1 aromatic heterocycles. The van der Waals surface area contributed by atoms with Gasteiger partial charge in [0.05, 0.1) is 14.2 Å². The summed E-state index contributed by atoms with van der Waals surface area (Å²) in [5.41, 5.74) is 7.24. The third-order valence-electron chi connectivity index (χ3n) is 5.96. The van der Waals surface area contributed by atoms with E-state index in [1.165, 1.54) is 11.1 Å². The Labute approximate surface area is 201 Å². The smallest absolute Gasteiger partial charge is 0.256 e. The number of anilines is 1. The van der Waals surface area contributed by atoms with Crippen molar-refractivity contribution in [2.24, 2.45) is 0 Å². The van der Waals surface area contributed by atoms with E-state index < -0.39 is 0 Å². The molecular weight excluding hydrogens is 424 g/mol. The van der Waals surface area contributed by atoms with E-state index in [4.69, 9.17) is 9.47 Å². The van der Waals surface area contributed by atoms with E-state index in [0.29, 0.717) is 23.6 Å². The first-order valence-electron chi connectivity index (χ1n) is 11.2. The van der Waals surface area contributed by atoms with Gasteiger partial charge in [0.25, 0.3) is 5.91 Å². The number of hydrogen-bond donors (Lipinski definition) is 1. The molecule has 0 saturated carbocycles. The Morgan fingerprint density at radius 2 is 1.44 bits per heavy atom. The van der Waals surface area contributed by atoms with Crippen LogP contribution in [0.4, 0.5) is 5.82 Å². The zero-order valence-corrected chi connectivity index (χ0v) is 20.3. The molecule has 174 valence electrons. The van der Waals surface area contributed by atoms with Gasteiger partial charge in [0.1, 0.15) is 5.82 Å². The summed E-state index contributed by atoms with van der Waals surface area (Å²) in [6.07, 6.45) is 2.10. The van der Waals surface area contributed by atoms with E-state index in [2.05, 4.69) is 85.4 Å². The molecule has 34 heavy (non-hydrogen) atoms. The highest BCUT2D eigenvalue weighted by atomic mass is 16.5. The number of carbonyl (C=O) groups is 1. The van der Waals surface area contributed by atoms with Gasteiger partial charge in [-0.05, 0) is 55.7 Å². The maximum Gasteiger partial charge on any atom is 0.256 e. The highest BCUT2D eigenvalue weighted by molar-refractivity contribution is 6.06. The fourth-order valence-corrected chi connectivity index (χ4v) is 4.08. The predicted octanol–water partition coefficient (Wildman–Crippen LogP) is 6.40. The Kier molecular flexibility index (Phi) is 6.73. The van der Waals surface area contributed by atoms with Crippen LogP contribution in [-0.4, -0.2) is 24.7 Å². The quantitative estimate of drug-likeness (QED) is 0.352. The third kappa shape index (κ3) is 4.84. The normalized spacial score (nSPS) is 10.7. The number of ether oxygens (including phenoxy) is 2. The first-order chi connectivity index (χ1) is 16.4. The Morgan fingerprint density at radius 3 is 2.06 bits per heavy atom. The number of hydrogen-bond acceptors (Lipinski definition) is 3. The summed E-state index contributed by atoms with van der Waals surface area (Å²) in [4.78, 5) is 13.4. The Hall–Kier alpha value is -3.99. The van der Waals surface area contributed by atoms with Crippen LogP contribution in [0.1, 0.15) is 32.6 Å². The van der Waals surface area contributed by atoms with Crippen LogP contribution < -0.4 is 14.8 Å². The van der Waals surface area contributed by atoms with Crippen LogP contribution >= 0.6 is 0 Å². The number of benzene rings is 3. The molecule has 3 aromatic carbocycles. The van der Waals surface area contributed by atoms with Crippen LogP contribution in [0.5, 0.6) is 11.5 Å². The zero-order valence-electron chi connectivity index (χ0n) is 20.3. The molecule has 0 spiro atoms. The minimum absolute atomic E-state index is 0.211. The lowest BCUT2D eigenvalue weighted by Gasteiger charge is -2.15. The lowest BCUT2D eigenvalue weighted by Crippen LogP contribution is -2.16. The van der Waals surface area contributed by atoms with E-state index in [1.807, 2.05) is 0 Å². The van der Waals surface area contributed by atoms with E-state index in [9.17, 15) is 4.79 Å². The first-order valence-corrected chi connectivity index (χ1v) is 11.2. The molecule has 4 rings (SSSR count). The fraction of sp³-hybridized carbons (Fsp3) is 0.207. The lowest BCUT2D eigenvalue weighted by atomic mass is 10.0. The van der Waals surface area contributed by atoms with Crippen LogP contribution in [0, 0.1) is 20.8 Å². The van der Waals surface area contributed by atoms with E-state index in [-0.39, 0.29) is 5.91 Å². The Bertz CT molecular complexity index is 1300. The zero-order chi connectivity index (χ0) is 24.2. The second-order valence-corrected chi connectivity index (χ2v) is 8.54. The monoisotopic (exact) mass is 454 g/mol. The molecule has 5 nitrogen and oxygen atoms in total. The summed E-state index contributed by atoms with van der Waals surface area (Å²) in [6, 6.07) is 22.0. The predicted molar refractivity (Wildman–Crippen MR) is 137 cm³/mol. The SMILES string of the molecule is COc1ccc(C(=O)Nc2c(-c3ccc(C)cc3)c(C)cn2Cc2ccc(C)cc2)cc1OC. The molecular formula is C29H30N2O3. The maximum absolute atomic E-state index is 13.4. The summed E-state index contributed by atoms with van der Waals surface area (Å²) < 4.78 is 12.8. The Morgan fingerprint density at radius 1 is 0.824 bits per heavy atom. The number of aryl methyl sites for hydroxylation is 3. The van der Waals surface area contributed by atoms with Gasteiger partial charge in [-0.25, -0.2) is 0 Å². The fourth-order valence-electron chi connectivity index (χ4n) is 4.08. The van der Waals surface area contributed by atoms with Crippen molar-refractivity contribution in [3.63, 3.8) is 0 Å². The standard InChI is InChI=1S/C29H30N2O3/c1-19-6-10-22(11-7-19)18-31-17-21(3)27(23-12-8-20(2)9-13-23)28(31)30-29(32)24-14-15-25(33-4)26(16-24)34-5/h6-17H,18H2,1-5H3,(H,30,32). The molecule has 0 saturated heterocycles. The van der Waals surface area contributed by atoms with Crippen LogP contribution in [-0.2, 0) is 6.54 Å². The lowest BCUT2D eigenvalue weighted by molar-refractivity contribution is 0.102. The topological polar surface area (TPSA) is 52.5 Å². The van der Waals surface area contributed by atoms with E-state index >= 15 is 0 Å². The van der Waals surface area contributed by atoms with Gasteiger partial charge in [-0.2, -0.15) is 0 Å². The van der Waals surface area contributed by atoms with Gasteiger partial charge in [-0.15, -0.1) is 0 Å². The molecule has 0 unspecified atom stereocenters. The number of nitrogens with one attached hydrogen (secondary N) is 1. The van der Waals surface area contributed by atoms with Crippen LogP contribution in [0.2, 0.25) is 0 Å². The molecule has 5 heteroatoms. The van der Waals surface area contributed by atoms with Crippen LogP contribution in [0.15, 0.2) is 72.9 Å². The molecule has 0 aliphatic heterocycles. The molecule has 0 bridgehead atoms. The van der Waals surface area contributed by atoms with Gasteiger partial charge in [0, 0.05) is 23.9 Å². The van der Waals surface area contributed by atoms with E-state index in [1.54, 1.807) is 32.4 Å². The van der Waals surface area contributed by atoms with Gasteiger partial charge in [0.2, 0.25) is 0 Å². The number of amides is 1. The third-order valence-corrected chi connectivity index (χ3v) is 5.96. The Balaban J connectivity index is 1.76. The summed E-state index contributed by atoms with van der Waals surface area (Å²) >= 11 is 0. The summed E-state index contributed by atoms with van der Waals surface area (Å²) in [7, 11) is 3.14. The molecule has 0 atom stereocenters. The highest BCUT2D eigenvalue weighted by Crippen LogP contribution is 2.35. The van der Waals surface area contributed by atoms with Gasteiger partial charge < -0.3 is 19.4 Å². The second kappa shape index (κ2) is 9.87. The molecule has 1 amide bonds. The first kappa shape index (κ1) is 23.2. The van der Waals surface area contributed by atoms with E-state index in [0.717, 1.165) is 28.1 Å². The number of rotatable bonds is 7. The summed E-state index contributed by atoms with van der Waals surface area (Å²) in [5.74, 6) is 1.65. The largest absolute Gasteiger partial charge is 0.493 e. The van der Waals surface area contributed by atoms with Gasteiger partial charge in [-0.1, -0.05) is 59.7 Å². The van der Waals surface area contributed by atoms with Gasteiger partial charge >= 0.3 is 0 Å². The molecule has 0 aliphatic carbocycles. The molecule has 0 fully saturated rings. The van der Waals surface area contributed by atoms with Crippen LogP contribution in [0.3, 0.4) is 0 Å². The van der Waals surface area contributed by atoms with Gasteiger partial charge in [0.15, 0.2) is 11.5 Å². The minimum atomic E-state index is -0.211. The molecule has 1 heterocycles. The summed E-state index contributed by atoms with van der Waals surface area (Å²) in [5, 5.41) is 3.18. The van der Waals surface area contributed by atoms with Crippen molar-refractivity contribution in [1.29, 1.82) is 0 Å². The molecule has 1 N–H and O–H groups in total. The van der Waals surface area contributed by atoms with Crippen molar-refractivity contribution in [2.45, 2.75) is 27.3 Å². The highest BCUT2D eigenvalue weighted by Gasteiger charge is 2.19. The van der Waals surface area contributed by atoms with Crippen molar-refractivity contribution in [1.82, 2.24) is 4.57 Å². The number of methoxy groups -OCH3 is 2. The molecule has 0 aliphatic rings. The average Bonchev–Trinajstić information content (AvgIpc) is 3.14. The van der Waals surface area contributed by atoms with Crippen molar-refractivity contribution >= 4 is 11.7 Å². The van der Waals surface area contributed by atoms with Gasteiger partial charge in [-0.3, -0.25) is 4.79 Å². The maximum atomic E-state index is 13.4. The number of carbonyl (C=O) groups excluding carboxylic acids is 1. The average molecular weight is 455 g/mol. The van der Waals surface area contributed by atoms with Crippen molar-refractivity contribution < 1.29 is 14.3 Å².